The molecule has 0 aliphatic heterocycles. The molecule has 0 saturated heterocycles. The van der Waals surface area contributed by atoms with Gasteiger partial charge in [0.05, 0.1) is 10.9 Å². The standard InChI is InChI=1S/C21H21N3O2S/c1-3-5-14-6-9-16(10-7-14)22-19(25)15-8-11-17-18(13-15)23-21(27)24(12-4-2)20(17)26/h4,6-11,13H,2-3,5,12H2,1H3,(H,22,25)(H,23,27). The van der Waals surface area contributed by atoms with E-state index in [2.05, 4.69) is 23.8 Å². The van der Waals surface area contributed by atoms with Crippen LogP contribution >= 0.6 is 12.2 Å². The third-order valence-electron chi connectivity index (χ3n) is 4.31. The molecule has 1 heterocycles. The van der Waals surface area contributed by atoms with Crippen molar-refractivity contribution in [2.24, 2.45) is 0 Å². The molecule has 1 aromatic heterocycles. The van der Waals surface area contributed by atoms with Gasteiger partial charge in [0, 0.05) is 17.8 Å². The highest BCUT2D eigenvalue weighted by atomic mass is 32.1. The molecule has 5 nitrogen and oxygen atoms in total. The number of rotatable bonds is 6. The number of aromatic nitrogens is 2. The average Bonchev–Trinajstić information content (AvgIpc) is 2.66. The average molecular weight is 379 g/mol. The highest BCUT2D eigenvalue weighted by molar-refractivity contribution is 7.71. The predicted octanol–water partition coefficient (Wildman–Crippen LogP) is 4.45. The number of benzene rings is 2. The lowest BCUT2D eigenvalue weighted by molar-refractivity contribution is 0.102. The van der Waals surface area contributed by atoms with Crippen LogP contribution in [-0.4, -0.2) is 15.5 Å². The number of hydrogen-bond acceptors (Lipinski definition) is 3. The molecule has 0 saturated carbocycles. The lowest BCUT2D eigenvalue weighted by Crippen LogP contribution is -2.22. The number of nitrogens with zero attached hydrogens (tertiary/aromatic N) is 1. The molecule has 6 heteroatoms. The second-order valence-electron chi connectivity index (χ2n) is 6.30. The van der Waals surface area contributed by atoms with E-state index in [1.54, 1.807) is 24.3 Å². The summed E-state index contributed by atoms with van der Waals surface area (Å²) in [7, 11) is 0. The largest absolute Gasteiger partial charge is 0.332 e. The summed E-state index contributed by atoms with van der Waals surface area (Å²) in [5, 5.41) is 3.36. The van der Waals surface area contributed by atoms with Crippen LogP contribution < -0.4 is 10.9 Å². The molecule has 0 spiro atoms. The third-order valence-corrected chi connectivity index (χ3v) is 4.63. The quantitative estimate of drug-likeness (QED) is 0.491. The maximum Gasteiger partial charge on any atom is 0.262 e. The van der Waals surface area contributed by atoms with E-state index >= 15 is 0 Å². The zero-order valence-electron chi connectivity index (χ0n) is 15.1. The van der Waals surface area contributed by atoms with Gasteiger partial charge >= 0.3 is 0 Å². The van der Waals surface area contributed by atoms with Gasteiger partial charge in [0.25, 0.3) is 11.5 Å². The van der Waals surface area contributed by atoms with Crippen LogP contribution in [0.25, 0.3) is 10.9 Å². The minimum Gasteiger partial charge on any atom is -0.332 e. The molecular weight excluding hydrogens is 358 g/mol. The number of anilines is 1. The van der Waals surface area contributed by atoms with E-state index in [1.807, 2.05) is 24.3 Å². The van der Waals surface area contributed by atoms with Crippen molar-refractivity contribution in [3.05, 3.63) is 81.4 Å². The summed E-state index contributed by atoms with van der Waals surface area (Å²) in [6, 6.07) is 12.7. The third kappa shape index (κ3) is 4.06. The van der Waals surface area contributed by atoms with Gasteiger partial charge in [-0.3, -0.25) is 14.2 Å². The van der Waals surface area contributed by atoms with Crippen LogP contribution in [0.5, 0.6) is 0 Å². The Kier molecular flexibility index (Phi) is 5.66. The number of hydrogen-bond donors (Lipinski definition) is 2. The number of aromatic amines is 1. The summed E-state index contributed by atoms with van der Waals surface area (Å²) in [6.45, 7) is 6.10. The van der Waals surface area contributed by atoms with Gasteiger partial charge in [0.2, 0.25) is 0 Å². The molecule has 3 aromatic rings. The van der Waals surface area contributed by atoms with Gasteiger partial charge in [-0.15, -0.1) is 6.58 Å². The Hall–Kier alpha value is -2.99. The van der Waals surface area contributed by atoms with E-state index in [4.69, 9.17) is 12.2 Å². The molecule has 2 aromatic carbocycles. The second-order valence-corrected chi connectivity index (χ2v) is 6.68. The Morgan fingerprint density at radius 2 is 2.00 bits per heavy atom. The molecule has 0 radical (unpaired) electrons. The lowest BCUT2D eigenvalue weighted by Gasteiger charge is -2.09. The van der Waals surface area contributed by atoms with Crippen LogP contribution in [0.2, 0.25) is 0 Å². The molecule has 0 unspecified atom stereocenters. The van der Waals surface area contributed by atoms with E-state index in [-0.39, 0.29) is 11.5 Å². The number of nitrogens with one attached hydrogen (secondary N) is 2. The van der Waals surface area contributed by atoms with Crippen LogP contribution in [0.15, 0.2) is 59.9 Å². The van der Waals surface area contributed by atoms with Gasteiger partial charge in [-0.1, -0.05) is 31.6 Å². The fraction of sp³-hybridized carbons (Fsp3) is 0.190. The summed E-state index contributed by atoms with van der Waals surface area (Å²) in [5.41, 5.74) is 2.76. The van der Waals surface area contributed by atoms with Crippen molar-refractivity contribution in [1.29, 1.82) is 0 Å². The zero-order chi connectivity index (χ0) is 19.4. The van der Waals surface area contributed by atoms with Crippen molar-refractivity contribution >= 4 is 34.7 Å². The first-order valence-corrected chi connectivity index (χ1v) is 9.22. The number of H-pyrrole nitrogens is 1. The van der Waals surface area contributed by atoms with Crippen molar-refractivity contribution < 1.29 is 4.79 Å². The number of fused-ring (bicyclic) bond motifs is 1. The summed E-state index contributed by atoms with van der Waals surface area (Å²) in [5.74, 6) is -0.241. The predicted molar refractivity (Wildman–Crippen MR) is 112 cm³/mol. The fourth-order valence-electron chi connectivity index (χ4n) is 2.94. The number of amides is 1. The Labute approximate surface area is 162 Å². The lowest BCUT2D eigenvalue weighted by atomic mass is 10.1. The molecule has 2 N–H and O–H groups in total. The SMILES string of the molecule is C=CCn1c(=S)[nH]c2cc(C(=O)Nc3ccc(CCC)cc3)ccc2c1=O. The highest BCUT2D eigenvalue weighted by Crippen LogP contribution is 2.15. The topological polar surface area (TPSA) is 66.9 Å². The first-order valence-electron chi connectivity index (χ1n) is 8.81. The van der Waals surface area contributed by atoms with Crippen LogP contribution in [0, 0.1) is 4.77 Å². The van der Waals surface area contributed by atoms with Crippen LogP contribution in [-0.2, 0) is 13.0 Å². The molecule has 0 aliphatic rings. The Morgan fingerprint density at radius 3 is 2.67 bits per heavy atom. The molecular formula is C21H21N3O2S. The van der Waals surface area contributed by atoms with E-state index in [9.17, 15) is 9.59 Å². The first kappa shape index (κ1) is 18.8. The number of allylic oxidation sites excluding steroid dienone is 1. The summed E-state index contributed by atoms with van der Waals surface area (Å²) in [6.07, 6.45) is 3.71. The van der Waals surface area contributed by atoms with Gasteiger partial charge in [-0.05, 0) is 54.5 Å². The number of aryl methyl sites for hydroxylation is 1. The molecule has 27 heavy (non-hydrogen) atoms. The van der Waals surface area contributed by atoms with Crippen molar-refractivity contribution in [2.45, 2.75) is 26.3 Å². The van der Waals surface area contributed by atoms with Gasteiger partial charge in [-0.2, -0.15) is 0 Å². The monoisotopic (exact) mass is 379 g/mol. The molecule has 138 valence electrons. The summed E-state index contributed by atoms with van der Waals surface area (Å²) >= 11 is 5.24. The molecule has 3 rings (SSSR count). The van der Waals surface area contributed by atoms with Crippen LogP contribution in [0.3, 0.4) is 0 Å². The van der Waals surface area contributed by atoms with Gasteiger partial charge in [-0.25, -0.2) is 0 Å². The zero-order valence-corrected chi connectivity index (χ0v) is 15.9. The molecule has 0 atom stereocenters. The van der Waals surface area contributed by atoms with Gasteiger partial charge < -0.3 is 10.3 Å². The summed E-state index contributed by atoms with van der Waals surface area (Å²) in [4.78, 5) is 28.1. The molecule has 0 aliphatic carbocycles. The minimum atomic E-state index is -0.241. The van der Waals surface area contributed by atoms with Gasteiger partial charge in [0.15, 0.2) is 4.77 Å². The number of carbonyl (C=O) groups excluding carboxylic acids is 1. The van der Waals surface area contributed by atoms with Crippen molar-refractivity contribution in [3.63, 3.8) is 0 Å². The molecule has 1 amide bonds. The van der Waals surface area contributed by atoms with E-state index in [0.29, 0.717) is 27.8 Å². The Bertz CT molecular complexity index is 1110. The second kappa shape index (κ2) is 8.14. The van der Waals surface area contributed by atoms with Crippen LogP contribution in [0.4, 0.5) is 5.69 Å². The maximum atomic E-state index is 12.6. The van der Waals surface area contributed by atoms with Crippen molar-refractivity contribution in [1.82, 2.24) is 9.55 Å². The van der Waals surface area contributed by atoms with Gasteiger partial charge in [0.1, 0.15) is 0 Å². The van der Waals surface area contributed by atoms with E-state index < -0.39 is 0 Å². The summed E-state index contributed by atoms with van der Waals surface area (Å²) < 4.78 is 1.74. The number of carbonyl (C=O) groups is 1. The Morgan fingerprint density at radius 1 is 1.26 bits per heavy atom. The molecule has 0 fully saturated rings. The van der Waals surface area contributed by atoms with E-state index in [0.717, 1.165) is 18.5 Å². The van der Waals surface area contributed by atoms with Crippen molar-refractivity contribution in [3.8, 4) is 0 Å². The van der Waals surface area contributed by atoms with Crippen molar-refractivity contribution in [2.75, 3.05) is 5.32 Å². The van der Waals surface area contributed by atoms with Crippen LogP contribution in [0.1, 0.15) is 29.3 Å². The first-order chi connectivity index (χ1) is 13.0. The minimum absolute atomic E-state index is 0.202. The highest BCUT2D eigenvalue weighted by Gasteiger charge is 2.10. The fourth-order valence-corrected chi connectivity index (χ4v) is 3.20. The smallest absolute Gasteiger partial charge is 0.262 e. The van der Waals surface area contributed by atoms with E-state index in [1.165, 1.54) is 10.1 Å². The normalized spacial score (nSPS) is 10.7. The maximum absolute atomic E-state index is 12.6. The molecule has 0 bridgehead atoms. The Balaban J connectivity index is 1.89.